The highest BCUT2D eigenvalue weighted by Crippen LogP contribution is 2.32. The van der Waals surface area contributed by atoms with Crippen molar-refractivity contribution >= 4 is 32.6 Å². The molecule has 0 saturated heterocycles. The number of carbonyl (C=O) groups excluding carboxylic acids is 1. The lowest BCUT2D eigenvalue weighted by Gasteiger charge is -2.27. The van der Waals surface area contributed by atoms with Crippen molar-refractivity contribution in [1.82, 2.24) is 4.31 Å². The maximum Gasteiger partial charge on any atom is 0.424 e. The van der Waals surface area contributed by atoms with Gasteiger partial charge in [-0.2, -0.15) is 4.31 Å². The van der Waals surface area contributed by atoms with E-state index in [9.17, 15) is 13.2 Å². The third-order valence-electron chi connectivity index (χ3n) is 5.15. The van der Waals surface area contributed by atoms with Crippen LogP contribution in [0.15, 0.2) is 54.1 Å². The number of amides is 1. The molecule has 0 heterocycles. The van der Waals surface area contributed by atoms with Gasteiger partial charge in [-0.15, -0.1) is 0 Å². The molecule has 0 aliphatic rings. The van der Waals surface area contributed by atoms with E-state index in [1.807, 2.05) is 31.1 Å². The Kier molecular flexibility index (Phi) is 12.3. The number of sulfonamides is 1. The molecule has 2 rings (SSSR count). The minimum atomic E-state index is -4.26. The molecule has 0 saturated carbocycles. The van der Waals surface area contributed by atoms with Crippen molar-refractivity contribution in [2.75, 3.05) is 71.8 Å². The first-order valence-corrected chi connectivity index (χ1v) is 13.8. The third-order valence-corrected chi connectivity index (χ3v) is 6.98. The molecule has 0 N–H and O–H groups in total. The highest BCUT2D eigenvalue weighted by atomic mass is 32.2. The maximum atomic E-state index is 13.8. The van der Waals surface area contributed by atoms with Crippen molar-refractivity contribution in [1.29, 1.82) is 0 Å². The van der Waals surface area contributed by atoms with E-state index in [4.69, 9.17) is 23.7 Å². The average molecular weight is 553 g/mol. The molecule has 212 valence electrons. The topological polar surface area (TPSA) is 104 Å². The van der Waals surface area contributed by atoms with E-state index < -0.39 is 21.7 Å². The van der Waals surface area contributed by atoms with E-state index in [0.29, 0.717) is 38.4 Å². The Labute approximate surface area is 226 Å². The summed E-state index contributed by atoms with van der Waals surface area (Å²) in [5.74, 6) is 0. The summed E-state index contributed by atoms with van der Waals surface area (Å²) in [6.45, 7) is 10.4. The fourth-order valence-corrected chi connectivity index (χ4v) is 4.99. The minimum Gasteiger partial charge on any atom is -0.499 e. The third kappa shape index (κ3) is 9.46. The monoisotopic (exact) mass is 552 g/mol. The predicted octanol–water partition coefficient (Wildman–Crippen LogP) is 4.04. The van der Waals surface area contributed by atoms with Crippen LogP contribution in [0.3, 0.4) is 0 Å². The maximum absolute atomic E-state index is 13.8. The van der Waals surface area contributed by atoms with Crippen molar-refractivity contribution in [3.8, 4) is 0 Å². The molecule has 1 amide bonds. The van der Waals surface area contributed by atoms with Gasteiger partial charge in [0.15, 0.2) is 0 Å². The first-order chi connectivity index (χ1) is 18.0. The quantitative estimate of drug-likeness (QED) is 0.225. The number of ether oxygens (including phenoxy) is 5. The molecule has 0 aliphatic carbocycles. The molecule has 38 heavy (non-hydrogen) atoms. The van der Waals surface area contributed by atoms with Gasteiger partial charge in [0.1, 0.15) is 12.2 Å². The summed E-state index contributed by atoms with van der Waals surface area (Å²) in [6, 6.07) is 10.4. The van der Waals surface area contributed by atoms with Crippen molar-refractivity contribution in [2.24, 2.45) is 0 Å². The summed E-state index contributed by atoms with van der Waals surface area (Å²) >= 11 is 0. The minimum absolute atomic E-state index is 0.0198. The van der Waals surface area contributed by atoms with E-state index in [0.717, 1.165) is 15.4 Å². The summed E-state index contributed by atoms with van der Waals surface area (Å²) in [5.41, 5.74) is -0.0155. The number of benzene rings is 2. The molecule has 0 fully saturated rings. The number of rotatable bonds is 16. The molecular weight excluding hydrogens is 512 g/mol. The van der Waals surface area contributed by atoms with Gasteiger partial charge in [0.25, 0.3) is 10.0 Å². The first-order valence-electron chi connectivity index (χ1n) is 12.4. The molecule has 0 radical (unpaired) electrons. The number of hydrogen-bond acceptors (Lipinski definition) is 9. The van der Waals surface area contributed by atoms with Gasteiger partial charge in [-0.3, -0.25) is 0 Å². The van der Waals surface area contributed by atoms with Crippen LogP contribution >= 0.6 is 0 Å². The smallest absolute Gasteiger partial charge is 0.424 e. The Bertz CT molecular complexity index is 1150. The van der Waals surface area contributed by atoms with Gasteiger partial charge in [0, 0.05) is 30.6 Å². The van der Waals surface area contributed by atoms with Crippen molar-refractivity contribution in [2.45, 2.75) is 31.3 Å². The first kappa shape index (κ1) is 31.4. The second-order valence-corrected chi connectivity index (χ2v) is 11.3. The molecule has 0 unspecified atom stereocenters. The van der Waals surface area contributed by atoms with Crippen LogP contribution in [0.4, 0.5) is 10.5 Å². The second-order valence-electron chi connectivity index (χ2n) is 9.45. The summed E-state index contributed by atoms with van der Waals surface area (Å²) in [5, 5.41) is 1.27. The van der Waals surface area contributed by atoms with Gasteiger partial charge in [0.05, 0.1) is 57.3 Å². The molecule has 2 aromatic rings. The van der Waals surface area contributed by atoms with Crippen LogP contribution in [0.1, 0.15) is 20.8 Å². The lowest BCUT2D eigenvalue weighted by molar-refractivity contribution is 0.00340. The van der Waals surface area contributed by atoms with Gasteiger partial charge in [0.2, 0.25) is 0 Å². The van der Waals surface area contributed by atoms with Crippen molar-refractivity contribution in [3.63, 3.8) is 0 Å². The molecule has 10 nitrogen and oxygen atoms in total. The summed E-state index contributed by atoms with van der Waals surface area (Å²) in [4.78, 5) is 15.0. The van der Waals surface area contributed by atoms with Gasteiger partial charge >= 0.3 is 6.09 Å². The molecule has 11 heteroatoms. The van der Waals surface area contributed by atoms with E-state index in [1.54, 1.807) is 39.0 Å². The largest absolute Gasteiger partial charge is 0.499 e. The van der Waals surface area contributed by atoms with Crippen LogP contribution in [-0.4, -0.2) is 91.3 Å². The molecular formula is C27H40N2O8S. The summed E-state index contributed by atoms with van der Waals surface area (Å²) in [7, 11) is -0.490. The summed E-state index contributed by atoms with van der Waals surface area (Å²) < 4.78 is 55.0. The highest BCUT2D eigenvalue weighted by molar-refractivity contribution is 7.89. The van der Waals surface area contributed by atoms with E-state index in [1.165, 1.54) is 12.3 Å². The SMILES string of the molecule is C=COCCOCCOCCOCCN(C(=O)OC(C)(C)C)S(=O)(=O)c1cccc2c(N(C)C)cccc12. The lowest BCUT2D eigenvalue weighted by atomic mass is 10.1. The zero-order valence-electron chi connectivity index (χ0n) is 23.0. The summed E-state index contributed by atoms with van der Waals surface area (Å²) in [6.07, 6.45) is 0.394. The second kappa shape index (κ2) is 14.9. The Morgan fingerprint density at radius 1 is 0.868 bits per heavy atom. The number of carbonyl (C=O) groups is 1. The zero-order valence-corrected chi connectivity index (χ0v) is 23.8. The van der Waals surface area contributed by atoms with Crippen LogP contribution < -0.4 is 4.90 Å². The normalized spacial score (nSPS) is 11.8. The van der Waals surface area contributed by atoms with E-state index in [-0.39, 0.29) is 24.7 Å². The van der Waals surface area contributed by atoms with E-state index >= 15 is 0 Å². The molecule has 2 aromatic carbocycles. The Morgan fingerprint density at radius 3 is 2.00 bits per heavy atom. The van der Waals surface area contributed by atoms with Gasteiger partial charge < -0.3 is 28.6 Å². The fraction of sp³-hybridized carbons (Fsp3) is 0.519. The fourth-order valence-electron chi connectivity index (χ4n) is 3.50. The molecule has 0 atom stereocenters. The predicted molar refractivity (Wildman–Crippen MR) is 147 cm³/mol. The van der Waals surface area contributed by atoms with Gasteiger partial charge in [-0.1, -0.05) is 30.8 Å². The van der Waals surface area contributed by atoms with Crippen LogP contribution in [0, 0.1) is 0 Å². The highest BCUT2D eigenvalue weighted by Gasteiger charge is 2.34. The molecule has 0 bridgehead atoms. The van der Waals surface area contributed by atoms with Crippen LogP contribution in [0.5, 0.6) is 0 Å². The number of nitrogens with zero attached hydrogens (tertiary/aromatic N) is 2. The lowest BCUT2D eigenvalue weighted by Crippen LogP contribution is -2.42. The van der Waals surface area contributed by atoms with Gasteiger partial charge in [-0.25, -0.2) is 13.2 Å². The number of hydrogen-bond donors (Lipinski definition) is 0. The Balaban J connectivity index is 2.07. The molecule has 0 aliphatic heterocycles. The Morgan fingerprint density at radius 2 is 1.42 bits per heavy atom. The standard InChI is InChI=1S/C27H40N2O8S/c1-7-33-16-17-35-20-21-36-19-18-34-15-14-29(26(30)37-27(2,3)4)38(31,32)25-13-9-10-22-23(25)11-8-12-24(22)28(5)6/h7-13H,1,14-21H2,2-6H3. The Hall–Kier alpha value is -2.86. The number of anilines is 1. The van der Waals surface area contributed by atoms with Gasteiger partial charge in [-0.05, 0) is 32.9 Å². The van der Waals surface area contributed by atoms with Crippen LogP contribution in [-0.2, 0) is 33.7 Å². The molecule has 0 aromatic heterocycles. The van der Waals surface area contributed by atoms with Crippen LogP contribution in [0.25, 0.3) is 10.8 Å². The average Bonchev–Trinajstić information content (AvgIpc) is 2.84. The van der Waals surface area contributed by atoms with Crippen LogP contribution in [0.2, 0.25) is 0 Å². The molecule has 0 spiro atoms. The van der Waals surface area contributed by atoms with Crippen molar-refractivity contribution < 1.29 is 36.9 Å². The zero-order chi connectivity index (χ0) is 28.2. The van der Waals surface area contributed by atoms with Crippen molar-refractivity contribution in [3.05, 3.63) is 49.2 Å². The van der Waals surface area contributed by atoms with E-state index in [2.05, 4.69) is 6.58 Å². The number of fused-ring (bicyclic) bond motifs is 1.